The van der Waals surface area contributed by atoms with Gasteiger partial charge in [0.05, 0.1) is 18.5 Å². The summed E-state index contributed by atoms with van der Waals surface area (Å²) in [4.78, 5) is 99.3. The van der Waals surface area contributed by atoms with E-state index in [0.717, 1.165) is 0 Å². The Morgan fingerprint density at radius 1 is 0.957 bits per heavy atom. The number of nitrogens with one attached hydrogen (secondary N) is 1. The number of carbonyl (C=O) groups excluding carboxylic acids is 5. The molecule has 8 N–H and O–H groups in total. The molecule has 0 aliphatic carbocycles. The van der Waals surface area contributed by atoms with Crippen molar-refractivity contribution >= 4 is 47.9 Å². The Morgan fingerprint density at radius 3 is 1.94 bits per heavy atom. The van der Waals surface area contributed by atoms with Crippen LogP contribution in [0.1, 0.15) is 58.9 Å². The molecule has 0 fully saturated rings. The molecule has 5 unspecified atom stereocenters. The van der Waals surface area contributed by atoms with E-state index >= 15 is 0 Å². The molecule has 1 rings (SSSR count). The average molecular weight is 671 g/mol. The van der Waals surface area contributed by atoms with Crippen molar-refractivity contribution in [2.75, 3.05) is 6.67 Å². The smallest absolute Gasteiger partial charge is 0.345 e. The second-order valence-electron chi connectivity index (χ2n) is 10.8. The SMILES string of the molecule is CCC(C)C(N)C(=O)N(C(=O)C(CCC(=O)O)NC(=O)C(N)C(C)C)C(CC(=O)O)(C(=O)O)C(=O)OCc1ccccc1.O=CCF. The fourth-order valence-corrected chi connectivity index (χ4v) is 3.95. The molecular formula is C30H43FN4O12. The maximum absolute atomic E-state index is 14.1. The van der Waals surface area contributed by atoms with E-state index in [1.54, 1.807) is 39.0 Å². The molecule has 1 aromatic rings. The summed E-state index contributed by atoms with van der Waals surface area (Å²) in [6.45, 7) is 4.91. The molecule has 0 radical (unpaired) electrons. The standard InChI is InChI=1S/C28H40N4O11.C2H3FO/c1-5-16(4)22(30)25(39)32(24(38)18(11-12-19(33)34)31-23(37)21(29)15(2)3)28(26(40)41,13-20(35)36)27(42)43-14-17-9-7-6-8-10-17;3-1-2-4/h6-10,15-16,18,21-22H,5,11-14,29-30H2,1-4H3,(H,31,37)(H,33,34)(H,35,36)(H,40,41);2H,1H2. The first kappa shape index (κ1) is 42.2. The van der Waals surface area contributed by atoms with Crippen molar-refractivity contribution in [1.82, 2.24) is 10.2 Å². The number of benzene rings is 1. The predicted molar refractivity (Wildman–Crippen MR) is 162 cm³/mol. The fraction of sp³-hybridized carbons (Fsp3) is 0.533. The lowest BCUT2D eigenvalue weighted by atomic mass is 9.88. The van der Waals surface area contributed by atoms with Gasteiger partial charge < -0.3 is 41.6 Å². The predicted octanol–water partition coefficient (Wildman–Crippen LogP) is 0.244. The van der Waals surface area contributed by atoms with E-state index < -0.39 is 110 Å². The maximum atomic E-state index is 14.1. The third kappa shape index (κ3) is 12.5. The highest BCUT2D eigenvalue weighted by molar-refractivity contribution is 6.16. The Kier molecular flexibility index (Phi) is 18.3. The Bertz CT molecular complexity index is 1260. The van der Waals surface area contributed by atoms with Crippen molar-refractivity contribution in [2.24, 2.45) is 23.3 Å². The topological polar surface area (TPSA) is 274 Å². The molecule has 0 saturated heterocycles. The first-order valence-corrected chi connectivity index (χ1v) is 14.5. The van der Waals surface area contributed by atoms with Crippen molar-refractivity contribution in [2.45, 2.75) is 83.6 Å². The maximum Gasteiger partial charge on any atom is 0.345 e. The summed E-state index contributed by atoms with van der Waals surface area (Å²) < 4.78 is 15.5. The number of hydrogen-bond acceptors (Lipinski definition) is 11. The van der Waals surface area contributed by atoms with Gasteiger partial charge in [-0.05, 0) is 23.8 Å². The van der Waals surface area contributed by atoms with Gasteiger partial charge in [0.25, 0.3) is 11.4 Å². The molecule has 16 nitrogen and oxygen atoms in total. The molecular weight excluding hydrogens is 627 g/mol. The van der Waals surface area contributed by atoms with E-state index in [2.05, 4.69) is 5.32 Å². The molecule has 0 aromatic heterocycles. The zero-order valence-electron chi connectivity index (χ0n) is 26.6. The summed E-state index contributed by atoms with van der Waals surface area (Å²) in [5.41, 5.74) is 8.82. The number of amides is 3. The first-order chi connectivity index (χ1) is 21.9. The molecule has 5 atom stereocenters. The van der Waals surface area contributed by atoms with Crippen LogP contribution < -0.4 is 16.8 Å². The van der Waals surface area contributed by atoms with Crippen LogP contribution in [-0.4, -0.2) is 98.4 Å². The van der Waals surface area contributed by atoms with Gasteiger partial charge >= 0.3 is 23.9 Å². The highest BCUT2D eigenvalue weighted by atomic mass is 19.1. The number of halogens is 1. The summed E-state index contributed by atoms with van der Waals surface area (Å²) in [6, 6.07) is 3.15. The zero-order valence-corrected chi connectivity index (χ0v) is 26.6. The number of hydrogen-bond donors (Lipinski definition) is 6. The molecule has 0 aliphatic heterocycles. The van der Waals surface area contributed by atoms with Gasteiger partial charge in [0.15, 0.2) is 6.29 Å². The van der Waals surface area contributed by atoms with Crippen molar-refractivity contribution in [1.29, 1.82) is 0 Å². The lowest BCUT2D eigenvalue weighted by Crippen LogP contribution is -2.70. The molecule has 262 valence electrons. The van der Waals surface area contributed by atoms with Crippen molar-refractivity contribution in [3.8, 4) is 0 Å². The number of carboxylic acid groups (broad SMARTS) is 3. The number of aliphatic carboxylic acids is 3. The molecule has 17 heteroatoms. The molecule has 0 aliphatic rings. The van der Waals surface area contributed by atoms with Crippen LogP contribution in [0.4, 0.5) is 4.39 Å². The largest absolute Gasteiger partial charge is 0.481 e. The summed E-state index contributed by atoms with van der Waals surface area (Å²) in [5.74, 6) is -12.4. The normalized spacial score (nSPS) is 14.5. The van der Waals surface area contributed by atoms with Crippen LogP contribution in [0.25, 0.3) is 0 Å². The highest BCUT2D eigenvalue weighted by Crippen LogP contribution is 2.28. The van der Waals surface area contributed by atoms with Crippen molar-refractivity contribution < 1.29 is 62.8 Å². The quantitative estimate of drug-likeness (QED) is 0.0694. The minimum atomic E-state index is -3.49. The Morgan fingerprint density at radius 2 is 1.51 bits per heavy atom. The van der Waals surface area contributed by atoms with Gasteiger partial charge in [-0.1, -0.05) is 64.4 Å². The van der Waals surface area contributed by atoms with Crippen LogP contribution in [0.3, 0.4) is 0 Å². The van der Waals surface area contributed by atoms with Gasteiger partial charge in [0.1, 0.15) is 19.3 Å². The number of rotatable bonds is 18. The van der Waals surface area contributed by atoms with E-state index in [-0.39, 0.29) is 17.6 Å². The van der Waals surface area contributed by atoms with Crippen molar-refractivity contribution in [3.05, 3.63) is 35.9 Å². The molecule has 0 spiro atoms. The molecule has 47 heavy (non-hydrogen) atoms. The van der Waals surface area contributed by atoms with Gasteiger partial charge in [0.2, 0.25) is 11.8 Å². The number of ether oxygens (including phenoxy) is 1. The van der Waals surface area contributed by atoms with E-state index in [1.807, 2.05) is 0 Å². The number of nitrogens with two attached hydrogens (primary N) is 2. The Labute approximate surface area is 270 Å². The Balaban J connectivity index is 0.00000498. The zero-order chi connectivity index (χ0) is 36.5. The average Bonchev–Trinajstić information content (AvgIpc) is 3.03. The van der Waals surface area contributed by atoms with Crippen LogP contribution in [0.2, 0.25) is 0 Å². The number of nitrogens with zero attached hydrogens (tertiary/aromatic N) is 1. The van der Waals surface area contributed by atoms with E-state index in [9.17, 15) is 53.3 Å². The minimum Gasteiger partial charge on any atom is -0.481 e. The van der Waals surface area contributed by atoms with Crippen LogP contribution in [0, 0.1) is 11.8 Å². The number of imide groups is 1. The van der Waals surface area contributed by atoms with Gasteiger partial charge in [-0.25, -0.2) is 14.0 Å². The third-order valence-corrected chi connectivity index (χ3v) is 7.02. The molecule has 1 aromatic carbocycles. The second kappa shape index (κ2) is 20.4. The van der Waals surface area contributed by atoms with Crippen LogP contribution in [0.15, 0.2) is 30.3 Å². The lowest BCUT2D eigenvalue weighted by Gasteiger charge is -2.39. The van der Waals surface area contributed by atoms with Crippen LogP contribution in [-0.2, 0) is 49.7 Å². The summed E-state index contributed by atoms with van der Waals surface area (Å²) in [6.07, 6.45) is -2.58. The van der Waals surface area contributed by atoms with Gasteiger partial charge in [0, 0.05) is 6.42 Å². The van der Waals surface area contributed by atoms with Gasteiger partial charge in [-0.15, -0.1) is 0 Å². The number of carboxylic acids is 3. The molecule has 0 heterocycles. The Hall–Kier alpha value is -4.77. The van der Waals surface area contributed by atoms with Gasteiger partial charge in [-0.3, -0.25) is 28.9 Å². The van der Waals surface area contributed by atoms with Crippen LogP contribution >= 0.6 is 0 Å². The number of carbonyl (C=O) groups is 8. The summed E-state index contributed by atoms with van der Waals surface area (Å²) in [5, 5.41) is 31.6. The van der Waals surface area contributed by atoms with E-state index in [0.29, 0.717) is 5.56 Å². The van der Waals surface area contributed by atoms with E-state index in [1.165, 1.54) is 19.1 Å². The number of alkyl halides is 1. The van der Waals surface area contributed by atoms with Crippen molar-refractivity contribution in [3.63, 3.8) is 0 Å². The number of esters is 1. The molecule has 3 amide bonds. The second-order valence-corrected chi connectivity index (χ2v) is 10.8. The number of aldehydes is 1. The lowest BCUT2D eigenvalue weighted by molar-refractivity contribution is -0.185. The summed E-state index contributed by atoms with van der Waals surface area (Å²) >= 11 is 0. The minimum absolute atomic E-state index is 0.110. The first-order valence-electron chi connectivity index (χ1n) is 14.5. The fourth-order valence-electron chi connectivity index (χ4n) is 3.95. The highest BCUT2D eigenvalue weighted by Gasteiger charge is 2.60. The monoisotopic (exact) mass is 670 g/mol. The summed E-state index contributed by atoms with van der Waals surface area (Å²) in [7, 11) is 0. The molecule has 0 saturated carbocycles. The third-order valence-electron chi connectivity index (χ3n) is 7.02. The van der Waals surface area contributed by atoms with Gasteiger partial charge in [-0.2, -0.15) is 0 Å². The van der Waals surface area contributed by atoms with Crippen LogP contribution in [0.5, 0.6) is 0 Å². The molecule has 0 bridgehead atoms. The van der Waals surface area contributed by atoms with E-state index in [4.69, 9.17) is 21.0 Å².